The molecule has 1 heterocycles. The Labute approximate surface area is 158 Å². The fourth-order valence-electron chi connectivity index (χ4n) is 3.14. The predicted molar refractivity (Wildman–Crippen MR) is 105 cm³/mol. The van der Waals surface area contributed by atoms with Crippen molar-refractivity contribution < 1.29 is 4.79 Å². The Morgan fingerprint density at radius 1 is 0.920 bits per heavy atom. The number of anilines is 2. The third-order valence-electron chi connectivity index (χ3n) is 4.54. The number of nitrogens with zero attached hydrogens (tertiary/aromatic N) is 1. The van der Waals surface area contributed by atoms with Crippen LogP contribution in [0.1, 0.15) is 31.2 Å². The zero-order valence-corrected chi connectivity index (χ0v) is 15.6. The fraction of sp³-hybridized carbons (Fsp3) is 0.350. The summed E-state index contributed by atoms with van der Waals surface area (Å²) in [6.45, 7) is 1.73. The Morgan fingerprint density at radius 2 is 1.56 bits per heavy atom. The van der Waals surface area contributed by atoms with E-state index < -0.39 is 0 Å². The van der Waals surface area contributed by atoms with E-state index in [0.717, 1.165) is 37.2 Å². The average molecular weight is 377 g/mol. The molecule has 0 saturated carbocycles. The van der Waals surface area contributed by atoms with Gasteiger partial charge in [0, 0.05) is 18.8 Å². The smallest absolute Gasteiger partial charge is 0.227 e. The van der Waals surface area contributed by atoms with E-state index in [1.807, 2.05) is 35.2 Å². The Kier molecular flexibility index (Phi) is 6.22. The number of nitrogens with one attached hydrogen (secondary N) is 1. The van der Waals surface area contributed by atoms with Gasteiger partial charge in [0.05, 0.1) is 22.2 Å². The third-order valence-corrected chi connectivity index (χ3v) is 5.17. The van der Waals surface area contributed by atoms with Crippen LogP contribution in [0.25, 0.3) is 0 Å². The van der Waals surface area contributed by atoms with Gasteiger partial charge in [-0.3, -0.25) is 4.79 Å². The first-order chi connectivity index (χ1) is 12.1. The van der Waals surface area contributed by atoms with E-state index in [-0.39, 0.29) is 5.91 Å². The minimum Gasteiger partial charge on any atom is -0.353 e. The van der Waals surface area contributed by atoms with E-state index in [9.17, 15) is 4.79 Å². The van der Waals surface area contributed by atoms with E-state index in [1.54, 1.807) is 12.1 Å². The molecule has 2 aromatic carbocycles. The van der Waals surface area contributed by atoms with Crippen molar-refractivity contribution in [1.82, 2.24) is 4.90 Å². The van der Waals surface area contributed by atoms with Gasteiger partial charge in [0.1, 0.15) is 0 Å². The largest absolute Gasteiger partial charge is 0.353 e. The van der Waals surface area contributed by atoms with E-state index in [1.165, 1.54) is 12.8 Å². The zero-order chi connectivity index (χ0) is 17.6. The lowest BCUT2D eigenvalue weighted by atomic mass is 10.1. The molecule has 1 aliphatic heterocycles. The standard InChI is InChI=1S/C20H22Cl2N2O/c21-16-9-7-10-17(22)20(16)23-18-11-4-3-8-15(18)14-19(25)24-12-5-1-2-6-13-24/h3-4,7-11,23H,1-2,5-6,12-14H2. The van der Waals surface area contributed by atoms with Crippen LogP contribution in [0.15, 0.2) is 42.5 Å². The quantitative estimate of drug-likeness (QED) is 0.743. The van der Waals surface area contributed by atoms with Crippen LogP contribution in [-0.2, 0) is 11.2 Å². The molecule has 0 aromatic heterocycles. The molecule has 1 saturated heterocycles. The van der Waals surface area contributed by atoms with Gasteiger partial charge in [-0.15, -0.1) is 0 Å². The summed E-state index contributed by atoms with van der Waals surface area (Å²) in [7, 11) is 0. The molecule has 0 bridgehead atoms. The van der Waals surface area contributed by atoms with Crippen molar-refractivity contribution in [2.75, 3.05) is 18.4 Å². The molecule has 0 spiro atoms. The number of amides is 1. The van der Waals surface area contributed by atoms with E-state index >= 15 is 0 Å². The van der Waals surface area contributed by atoms with Gasteiger partial charge in [-0.2, -0.15) is 0 Å². The molecule has 0 aliphatic carbocycles. The number of halogens is 2. The maximum absolute atomic E-state index is 12.7. The molecule has 1 fully saturated rings. The van der Waals surface area contributed by atoms with Crippen molar-refractivity contribution in [3.8, 4) is 0 Å². The van der Waals surface area contributed by atoms with E-state index in [2.05, 4.69) is 5.32 Å². The van der Waals surface area contributed by atoms with Gasteiger partial charge in [-0.25, -0.2) is 0 Å². The molecule has 0 atom stereocenters. The Balaban J connectivity index is 1.78. The van der Waals surface area contributed by atoms with Gasteiger partial charge in [0.15, 0.2) is 0 Å². The normalized spacial score (nSPS) is 14.9. The number of benzene rings is 2. The SMILES string of the molecule is O=C(Cc1ccccc1Nc1c(Cl)cccc1Cl)N1CCCCCC1. The second-order valence-electron chi connectivity index (χ2n) is 6.35. The Hall–Kier alpha value is -1.71. The van der Waals surface area contributed by atoms with Crippen LogP contribution < -0.4 is 5.32 Å². The van der Waals surface area contributed by atoms with E-state index in [4.69, 9.17) is 23.2 Å². The average Bonchev–Trinajstić information content (AvgIpc) is 2.89. The highest BCUT2D eigenvalue weighted by molar-refractivity contribution is 6.39. The molecule has 25 heavy (non-hydrogen) atoms. The fourth-order valence-corrected chi connectivity index (χ4v) is 3.64. The highest BCUT2D eigenvalue weighted by Crippen LogP contribution is 2.33. The first-order valence-corrected chi connectivity index (χ1v) is 9.47. The highest BCUT2D eigenvalue weighted by Gasteiger charge is 2.17. The van der Waals surface area contributed by atoms with Crippen LogP contribution in [-0.4, -0.2) is 23.9 Å². The highest BCUT2D eigenvalue weighted by atomic mass is 35.5. The molecule has 0 radical (unpaired) electrons. The summed E-state index contributed by atoms with van der Waals surface area (Å²) in [6, 6.07) is 13.2. The summed E-state index contributed by atoms with van der Waals surface area (Å²) in [4.78, 5) is 14.7. The van der Waals surface area contributed by atoms with Gasteiger partial charge in [0.2, 0.25) is 5.91 Å². The number of hydrogen-bond acceptors (Lipinski definition) is 2. The molecular formula is C20H22Cl2N2O. The summed E-state index contributed by atoms with van der Waals surface area (Å²) < 4.78 is 0. The van der Waals surface area contributed by atoms with Gasteiger partial charge in [-0.05, 0) is 36.6 Å². The van der Waals surface area contributed by atoms with Gasteiger partial charge in [0.25, 0.3) is 0 Å². The van der Waals surface area contributed by atoms with Crippen LogP contribution in [0, 0.1) is 0 Å². The Morgan fingerprint density at radius 3 is 2.24 bits per heavy atom. The summed E-state index contributed by atoms with van der Waals surface area (Å²) in [6.07, 6.45) is 5.01. The van der Waals surface area contributed by atoms with Crippen LogP contribution >= 0.6 is 23.2 Å². The van der Waals surface area contributed by atoms with Crippen LogP contribution in [0.2, 0.25) is 10.0 Å². The maximum atomic E-state index is 12.7. The van der Waals surface area contributed by atoms with Gasteiger partial charge in [-0.1, -0.05) is 60.3 Å². The monoisotopic (exact) mass is 376 g/mol. The molecular weight excluding hydrogens is 355 g/mol. The molecule has 3 nitrogen and oxygen atoms in total. The van der Waals surface area contributed by atoms with Crippen LogP contribution in [0.4, 0.5) is 11.4 Å². The number of carbonyl (C=O) groups excluding carboxylic acids is 1. The molecule has 1 aliphatic rings. The number of rotatable bonds is 4. The van der Waals surface area contributed by atoms with Crippen molar-refractivity contribution in [1.29, 1.82) is 0 Å². The second-order valence-corrected chi connectivity index (χ2v) is 7.16. The van der Waals surface area contributed by atoms with E-state index in [0.29, 0.717) is 22.2 Å². The number of hydrogen-bond donors (Lipinski definition) is 1. The summed E-state index contributed by atoms with van der Waals surface area (Å²) in [5.74, 6) is 0.182. The Bertz CT molecular complexity index is 720. The zero-order valence-electron chi connectivity index (χ0n) is 14.1. The van der Waals surface area contributed by atoms with Gasteiger partial charge >= 0.3 is 0 Å². The van der Waals surface area contributed by atoms with Gasteiger partial charge < -0.3 is 10.2 Å². The number of para-hydroxylation sites is 2. The van der Waals surface area contributed by atoms with Crippen LogP contribution in [0.5, 0.6) is 0 Å². The van der Waals surface area contributed by atoms with Crippen molar-refractivity contribution >= 4 is 40.5 Å². The molecule has 0 unspecified atom stereocenters. The topological polar surface area (TPSA) is 32.3 Å². The van der Waals surface area contributed by atoms with Crippen molar-refractivity contribution in [3.05, 3.63) is 58.1 Å². The number of carbonyl (C=O) groups is 1. The molecule has 1 N–H and O–H groups in total. The minimum atomic E-state index is 0.182. The van der Waals surface area contributed by atoms with Crippen LogP contribution in [0.3, 0.4) is 0 Å². The molecule has 1 amide bonds. The number of likely N-dealkylation sites (tertiary alicyclic amines) is 1. The molecule has 3 rings (SSSR count). The predicted octanol–water partition coefficient (Wildman–Crippen LogP) is 5.68. The lowest BCUT2D eigenvalue weighted by Crippen LogP contribution is -2.33. The molecule has 5 heteroatoms. The summed E-state index contributed by atoms with van der Waals surface area (Å²) in [5.41, 5.74) is 2.48. The lowest BCUT2D eigenvalue weighted by molar-refractivity contribution is -0.130. The van der Waals surface area contributed by atoms with Crippen molar-refractivity contribution in [3.63, 3.8) is 0 Å². The first-order valence-electron chi connectivity index (χ1n) is 8.72. The second kappa shape index (κ2) is 8.59. The summed E-state index contributed by atoms with van der Waals surface area (Å²) in [5, 5.41) is 4.41. The van der Waals surface area contributed by atoms with Crippen molar-refractivity contribution in [2.45, 2.75) is 32.1 Å². The molecule has 132 valence electrons. The maximum Gasteiger partial charge on any atom is 0.227 e. The minimum absolute atomic E-state index is 0.182. The third kappa shape index (κ3) is 4.68. The lowest BCUT2D eigenvalue weighted by Gasteiger charge is -2.21. The summed E-state index contributed by atoms with van der Waals surface area (Å²) >= 11 is 12.5. The van der Waals surface area contributed by atoms with Crippen molar-refractivity contribution in [2.24, 2.45) is 0 Å². The molecule has 2 aromatic rings. The first kappa shape index (κ1) is 18.1.